The molecule has 26 heavy (non-hydrogen) atoms. The van der Waals surface area contributed by atoms with Crippen molar-refractivity contribution in [3.8, 4) is 0 Å². The summed E-state index contributed by atoms with van der Waals surface area (Å²) in [4.78, 5) is 12.4. The molecule has 0 unspecified atom stereocenters. The summed E-state index contributed by atoms with van der Waals surface area (Å²) in [6.07, 6.45) is 2.59. The summed E-state index contributed by atoms with van der Waals surface area (Å²) in [5, 5.41) is 6.36. The Hall–Kier alpha value is -2.49. The van der Waals surface area contributed by atoms with E-state index in [1.54, 1.807) is 18.2 Å². The van der Waals surface area contributed by atoms with Crippen LogP contribution in [-0.4, -0.2) is 43.3 Å². The predicted molar refractivity (Wildman–Crippen MR) is 93.1 cm³/mol. The maximum atomic E-state index is 12.4. The zero-order valence-corrected chi connectivity index (χ0v) is 14.8. The summed E-state index contributed by atoms with van der Waals surface area (Å²) in [6.45, 7) is -0.128. The van der Waals surface area contributed by atoms with Crippen molar-refractivity contribution in [1.29, 1.82) is 0 Å². The van der Waals surface area contributed by atoms with Crippen LogP contribution in [0.5, 0.6) is 0 Å². The first-order chi connectivity index (χ1) is 12.2. The molecule has 7 nitrogen and oxygen atoms in total. The highest BCUT2D eigenvalue weighted by Gasteiger charge is 2.24. The number of aromatic nitrogens is 2. The lowest BCUT2D eigenvalue weighted by Crippen LogP contribution is -2.34. The van der Waals surface area contributed by atoms with E-state index in [4.69, 9.17) is 0 Å². The molecular weight excluding hydrogens is 366 g/mol. The van der Waals surface area contributed by atoms with Gasteiger partial charge in [0.05, 0.1) is 23.8 Å². The van der Waals surface area contributed by atoms with Gasteiger partial charge in [0.25, 0.3) is 12.3 Å². The highest BCUT2D eigenvalue weighted by molar-refractivity contribution is 7.92. The first kappa shape index (κ1) is 18.3. The van der Waals surface area contributed by atoms with Crippen molar-refractivity contribution in [3.05, 3.63) is 41.7 Å². The molecule has 1 aliphatic heterocycles. The van der Waals surface area contributed by atoms with Crippen LogP contribution in [0.1, 0.15) is 22.3 Å². The van der Waals surface area contributed by atoms with Crippen LogP contribution >= 0.6 is 0 Å². The van der Waals surface area contributed by atoms with E-state index in [0.29, 0.717) is 36.3 Å². The predicted octanol–water partition coefficient (Wildman–Crippen LogP) is 2.11. The van der Waals surface area contributed by atoms with E-state index in [1.165, 1.54) is 16.7 Å². The van der Waals surface area contributed by atoms with Crippen LogP contribution in [0.15, 0.2) is 30.6 Å². The van der Waals surface area contributed by atoms with Crippen LogP contribution in [-0.2, 0) is 23.0 Å². The minimum atomic E-state index is -3.37. The maximum absolute atomic E-state index is 12.4. The largest absolute Gasteiger partial charge is 0.319 e. The zero-order chi connectivity index (χ0) is 18.9. The number of amides is 1. The molecule has 140 valence electrons. The topological polar surface area (TPSA) is 84.3 Å². The van der Waals surface area contributed by atoms with Gasteiger partial charge in [-0.3, -0.25) is 13.8 Å². The van der Waals surface area contributed by atoms with Crippen LogP contribution in [0.3, 0.4) is 0 Å². The number of sulfonamides is 1. The molecule has 0 spiro atoms. The fraction of sp³-hybridized carbons (Fsp3) is 0.375. The number of halogens is 2. The molecule has 0 radical (unpaired) electrons. The van der Waals surface area contributed by atoms with Crippen molar-refractivity contribution in [2.45, 2.75) is 25.8 Å². The molecule has 1 aliphatic rings. The number of hydrogen-bond donors (Lipinski definition) is 1. The second kappa shape index (κ2) is 7.02. The summed E-state index contributed by atoms with van der Waals surface area (Å²) in [5.74, 6) is -0.416. The van der Waals surface area contributed by atoms with Crippen molar-refractivity contribution < 1.29 is 22.0 Å². The van der Waals surface area contributed by atoms with Crippen LogP contribution in [0.25, 0.3) is 0 Å². The molecule has 0 saturated heterocycles. The molecule has 2 heterocycles. The van der Waals surface area contributed by atoms with Crippen LogP contribution in [0, 0.1) is 0 Å². The third-order valence-electron chi connectivity index (χ3n) is 4.03. The lowest BCUT2D eigenvalue weighted by Gasteiger charge is -2.29. The van der Waals surface area contributed by atoms with Gasteiger partial charge in [-0.25, -0.2) is 17.2 Å². The van der Waals surface area contributed by atoms with Gasteiger partial charge in [0, 0.05) is 18.3 Å². The fourth-order valence-electron chi connectivity index (χ4n) is 2.92. The fourth-order valence-corrected chi connectivity index (χ4v) is 3.92. The van der Waals surface area contributed by atoms with Gasteiger partial charge in [0.2, 0.25) is 10.0 Å². The smallest absolute Gasteiger partial charge is 0.257 e. The number of hydrogen-bond acceptors (Lipinski definition) is 4. The second-order valence-electron chi connectivity index (χ2n) is 6.08. The van der Waals surface area contributed by atoms with E-state index in [-0.39, 0.29) is 0 Å². The standard InChI is InChI=1S/C16H18F2N4O3S/c1-26(24,25)22-6-2-3-11-7-12(4-5-14(11)22)16(23)20-13-8-19-21(9-13)10-15(17)18/h4-5,7-9,15H,2-3,6,10H2,1H3,(H,20,23). The molecule has 3 rings (SSSR count). The molecule has 2 aromatic rings. The Morgan fingerprint density at radius 3 is 2.85 bits per heavy atom. The molecule has 10 heteroatoms. The molecule has 1 N–H and O–H groups in total. The van der Waals surface area contributed by atoms with E-state index < -0.39 is 28.9 Å². The molecular formula is C16H18F2N4O3S. The Morgan fingerprint density at radius 2 is 2.15 bits per heavy atom. The van der Waals surface area contributed by atoms with Crippen LogP contribution in [0.2, 0.25) is 0 Å². The number of carbonyl (C=O) groups excluding carboxylic acids is 1. The quantitative estimate of drug-likeness (QED) is 0.856. The van der Waals surface area contributed by atoms with Gasteiger partial charge in [0.15, 0.2) is 0 Å². The van der Waals surface area contributed by atoms with Crippen molar-refractivity contribution in [2.75, 3.05) is 22.4 Å². The van der Waals surface area contributed by atoms with Crippen molar-refractivity contribution in [2.24, 2.45) is 0 Å². The number of carbonyl (C=O) groups is 1. The van der Waals surface area contributed by atoms with Crippen molar-refractivity contribution in [1.82, 2.24) is 9.78 Å². The average molecular weight is 384 g/mol. The van der Waals surface area contributed by atoms with Gasteiger partial charge < -0.3 is 5.32 Å². The molecule has 1 aromatic carbocycles. The molecule has 0 bridgehead atoms. The van der Waals surface area contributed by atoms with Gasteiger partial charge in [0.1, 0.15) is 6.54 Å². The minimum Gasteiger partial charge on any atom is -0.319 e. The van der Waals surface area contributed by atoms with Crippen molar-refractivity contribution >= 4 is 27.3 Å². The molecule has 1 aromatic heterocycles. The van der Waals surface area contributed by atoms with E-state index in [0.717, 1.165) is 16.5 Å². The Kier molecular flexibility index (Phi) is 4.94. The second-order valence-corrected chi connectivity index (χ2v) is 7.99. The monoisotopic (exact) mass is 384 g/mol. The highest BCUT2D eigenvalue weighted by Crippen LogP contribution is 2.30. The first-order valence-electron chi connectivity index (χ1n) is 7.96. The summed E-state index contributed by atoms with van der Waals surface area (Å²) < 4.78 is 50.8. The van der Waals surface area contributed by atoms with Gasteiger partial charge >= 0.3 is 0 Å². The van der Waals surface area contributed by atoms with Gasteiger partial charge in [-0.15, -0.1) is 0 Å². The van der Waals surface area contributed by atoms with E-state index in [1.807, 2.05) is 0 Å². The minimum absolute atomic E-state index is 0.311. The molecule has 0 aliphatic carbocycles. The molecule has 0 atom stereocenters. The zero-order valence-electron chi connectivity index (χ0n) is 14.0. The number of aryl methyl sites for hydroxylation is 1. The maximum Gasteiger partial charge on any atom is 0.257 e. The summed E-state index contributed by atoms with van der Waals surface area (Å²) in [5.41, 5.74) is 2.04. The van der Waals surface area contributed by atoms with E-state index >= 15 is 0 Å². The number of rotatable bonds is 5. The molecule has 0 saturated carbocycles. The lowest BCUT2D eigenvalue weighted by atomic mass is 10.0. The third kappa shape index (κ3) is 4.01. The van der Waals surface area contributed by atoms with Crippen LogP contribution in [0.4, 0.5) is 20.2 Å². The summed E-state index contributed by atoms with van der Waals surface area (Å²) >= 11 is 0. The number of anilines is 2. The molecule has 0 fully saturated rings. The first-order valence-corrected chi connectivity index (χ1v) is 9.81. The van der Waals surface area contributed by atoms with Crippen molar-refractivity contribution in [3.63, 3.8) is 0 Å². The third-order valence-corrected chi connectivity index (χ3v) is 5.21. The van der Waals surface area contributed by atoms with Gasteiger partial charge in [-0.1, -0.05) is 0 Å². The number of alkyl halides is 2. The van der Waals surface area contributed by atoms with Gasteiger partial charge in [-0.2, -0.15) is 5.10 Å². The average Bonchev–Trinajstić information content (AvgIpc) is 2.98. The number of benzene rings is 1. The lowest BCUT2D eigenvalue weighted by molar-refractivity contribution is 0.102. The SMILES string of the molecule is CS(=O)(=O)N1CCCc2cc(C(=O)Nc3cnn(CC(F)F)c3)ccc21. The van der Waals surface area contributed by atoms with Gasteiger partial charge in [-0.05, 0) is 36.6 Å². The number of fused-ring (bicyclic) bond motifs is 1. The summed E-state index contributed by atoms with van der Waals surface area (Å²) in [7, 11) is -3.37. The summed E-state index contributed by atoms with van der Waals surface area (Å²) in [6, 6.07) is 4.82. The Bertz CT molecular complexity index is 927. The van der Waals surface area contributed by atoms with E-state index in [2.05, 4.69) is 10.4 Å². The Labute approximate surface area is 149 Å². The number of nitrogens with one attached hydrogen (secondary N) is 1. The highest BCUT2D eigenvalue weighted by atomic mass is 32.2. The van der Waals surface area contributed by atoms with Crippen LogP contribution < -0.4 is 9.62 Å². The Balaban J connectivity index is 1.78. The van der Waals surface area contributed by atoms with E-state index in [9.17, 15) is 22.0 Å². The number of nitrogens with zero attached hydrogens (tertiary/aromatic N) is 3. The Morgan fingerprint density at radius 1 is 1.38 bits per heavy atom. The normalized spacial score (nSPS) is 14.4. The molecule has 1 amide bonds.